The van der Waals surface area contributed by atoms with Crippen LogP contribution in [-0.2, 0) is 18.9 Å². The Balaban J connectivity index is 1.83. The molecule has 1 nitrogen and oxygen atoms in total. The third kappa shape index (κ3) is 2.87. The first-order valence-corrected chi connectivity index (χ1v) is 12.8. The Kier molecular flexibility index (Phi) is 4.54. The maximum atomic E-state index is 2.51. The van der Waals surface area contributed by atoms with Gasteiger partial charge >= 0.3 is 0 Å². The van der Waals surface area contributed by atoms with Crippen LogP contribution >= 0.6 is 0 Å². The van der Waals surface area contributed by atoms with E-state index in [-0.39, 0.29) is 5.41 Å². The second kappa shape index (κ2) is 7.16. The number of benzene rings is 3. The van der Waals surface area contributed by atoms with Gasteiger partial charge in [-0.2, -0.15) is 4.57 Å². The minimum atomic E-state index is -0.0377. The average Bonchev–Trinajstić information content (AvgIpc) is 3.29. The van der Waals surface area contributed by atoms with Gasteiger partial charge in [0.15, 0.2) is 0 Å². The van der Waals surface area contributed by atoms with E-state index in [1.165, 1.54) is 87.3 Å². The number of pyridine rings is 1. The van der Waals surface area contributed by atoms with Gasteiger partial charge in [-0.05, 0) is 72.2 Å². The van der Waals surface area contributed by atoms with Gasteiger partial charge in [-0.15, -0.1) is 0 Å². The van der Waals surface area contributed by atoms with Crippen LogP contribution in [0.15, 0.2) is 42.5 Å². The number of aromatic nitrogens is 1. The minimum absolute atomic E-state index is 0.0377. The molecule has 1 heteroatoms. The maximum Gasteiger partial charge on any atom is 0.218 e. The third-order valence-electron chi connectivity index (χ3n) is 8.87. The average molecular weight is 435 g/mol. The molecule has 0 radical (unpaired) electrons. The zero-order valence-corrected chi connectivity index (χ0v) is 21.1. The van der Waals surface area contributed by atoms with Crippen LogP contribution in [0.25, 0.3) is 32.9 Å². The van der Waals surface area contributed by atoms with Gasteiger partial charge in [0.25, 0.3) is 0 Å². The van der Waals surface area contributed by atoms with Gasteiger partial charge < -0.3 is 0 Å². The number of nitrogens with zero attached hydrogens (tertiary/aromatic N) is 1. The predicted octanol–water partition coefficient (Wildman–Crippen LogP) is 7.78. The lowest BCUT2D eigenvalue weighted by molar-refractivity contribution is -0.634. The summed E-state index contributed by atoms with van der Waals surface area (Å²) in [5, 5.41) is 4.32. The van der Waals surface area contributed by atoms with Crippen molar-refractivity contribution in [2.75, 3.05) is 0 Å². The van der Waals surface area contributed by atoms with Crippen LogP contribution in [0.1, 0.15) is 72.9 Å². The van der Waals surface area contributed by atoms with Gasteiger partial charge in [0.2, 0.25) is 11.2 Å². The van der Waals surface area contributed by atoms with Crippen molar-refractivity contribution < 1.29 is 4.57 Å². The topological polar surface area (TPSA) is 3.88 Å². The molecule has 0 aliphatic heterocycles. The summed E-state index contributed by atoms with van der Waals surface area (Å²) in [6.45, 7) is 11.8. The Bertz CT molecular complexity index is 1450. The Morgan fingerprint density at radius 1 is 0.970 bits per heavy atom. The number of rotatable bonds is 2. The van der Waals surface area contributed by atoms with Gasteiger partial charge in [0, 0.05) is 22.4 Å². The Hall–Kier alpha value is -2.67. The highest BCUT2D eigenvalue weighted by molar-refractivity contribution is 6.05. The molecule has 168 valence electrons. The molecule has 6 rings (SSSR count). The highest BCUT2D eigenvalue weighted by Gasteiger charge is 2.43. The van der Waals surface area contributed by atoms with Crippen LogP contribution in [0.4, 0.5) is 0 Å². The number of fused-ring (bicyclic) bond motifs is 3. The Morgan fingerprint density at radius 2 is 1.70 bits per heavy atom. The first-order chi connectivity index (χ1) is 15.8. The van der Waals surface area contributed by atoms with Crippen LogP contribution in [0.3, 0.4) is 0 Å². The van der Waals surface area contributed by atoms with Crippen molar-refractivity contribution in [1.82, 2.24) is 0 Å². The molecule has 3 aromatic carbocycles. The Morgan fingerprint density at radius 3 is 2.45 bits per heavy atom. The van der Waals surface area contributed by atoms with Crippen molar-refractivity contribution in [2.45, 2.75) is 72.1 Å². The molecule has 1 aromatic heterocycles. The summed E-state index contributed by atoms with van der Waals surface area (Å²) in [5.41, 5.74) is 13.1. The first kappa shape index (κ1) is 20.9. The molecule has 0 spiro atoms. The smallest absolute Gasteiger partial charge is 0.194 e. The quantitative estimate of drug-likeness (QED) is 0.284. The zero-order valence-electron chi connectivity index (χ0n) is 21.1. The first-order valence-electron chi connectivity index (χ1n) is 12.8. The second-order valence-electron chi connectivity index (χ2n) is 11.4. The van der Waals surface area contributed by atoms with E-state index in [0.29, 0.717) is 0 Å². The molecular formula is C32H36N+. The molecular weight excluding hydrogens is 398 g/mol. The molecule has 0 unspecified atom stereocenters. The van der Waals surface area contributed by atoms with Crippen molar-refractivity contribution in [3.63, 3.8) is 0 Å². The molecule has 0 saturated heterocycles. The van der Waals surface area contributed by atoms with Crippen molar-refractivity contribution in [2.24, 2.45) is 13.0 Å². The van der Waals surface area contributed by atoms with E-state index in [2.05, 4.69) is 88.7 Å². The fraction of sp³-hybridized carbons (Fsp3) is 0.406. The van der Waals surface area contributed by atoms with Crippen LogP contribution in [0.5, 0.6) is 0 Å². The van der Waals surface area contributed by atoms with E-state index in [1.54, 1.807) is 11.1 Å². The maximum absolute atomic E-state index is 2.51. The predicted molar refractivity (Wildman–Crippen MR) is 140 cm³/mol. The fourth-order valence-corrected chi connectivity index (χ4v) is 7.13. The molecule has 0 N–H and O–H groups in total. The number of aryl methyl sites for hydroxylation is 3. The van der Waals surface area contributed by atoms with Gasteiger partial charge in [-0.1, -0.05) is 75.4 Å². The Labute approximate surface area is 198 Å². The highest BCUT2D eigenvalue weighted by Crippen LogP contribution is 2.52. The van der Waals surface area contributed by atoms with E-state index in [9.17, 15) is 0 Å². The molecule has 1 heterocycles. The van der Waals surface area contributed by atoms with Crippen LogP contribution in [-0.4, -0.2) is 0 Å². The number of para-hydroxylation sites is 1. The van der Waals surface area contributed by atoms with Gasteiger partial charge in [-0.25, -0.2) is 0 Å². The molecule has 1 fully saturated rings. The van der Waals surface area contributed by atoms with E-state index < -0.39 is 0 Å². The number of hydrogen-bond donors (Lipinski definition) is 0. The van der Waals surface area contributed by atoms with Crippen LogP contribution in [0, 0.1) is 26.7 Å². The van der Waals surface area contributed by atoms with Crippen molar-refractivity contribution in [3.05, 3.63) is 75.8 Å². The van der Waals surface area contributed by atoms with E-state index in [0.717, 1.165) is 5.92 Å². The van der Waals surface area contributed by atoms with Crippen LogP contribution < -0.4 is 4.57 Å². The lowest BCUT2D eigenvalue weighted by atomic mass is 9.66. The van der Waals surface area contributed by atoms with E-state index >= 15 is 0 Å². The highest BCUT2D eigenvalue weighted by atomic mass is 14.9. The molecule has 1 saturated carbocycles. The van der Waals surface area contributed by atoms with Crippen molar-refractivity contribution >= 4 is 21.7 Å². The van der Waals surface area contributed by atoms with Crippen LogP contribution in [0.2, 0.25) is 0 Å². The summed E-state index contributed by atoms with van der Waals surface area (Å²) in [6.07, 6.45) is 6.77. The van der Waals surface area contributed by atoms with E-state index in [1.807, 2.05) is 0 Å². The molecule has 0 amide bonds. The number of hydrogen-bond acceptors (Lipinski definition) is 0. The molecule has 4 aromatic rings. The summed E-state index contributed by atoms with van der Waals surface area (Å²) in [5.74, 6) is 0.818. The molecule has 2 aliphatic rings. The standard InChI is InChI=1S/C32H36N/c1-19-15-23-17-20(2)21(3)28-29(23)26(16-19)32(4,5)30-25(18-22-11-7-8-12-22)24-13-9-10-14-27(24)33(6)31(28)30/h9-10,13-17,22H,7-8,11-12,18H2,1-6H3/q+1. The molecule has 0 atom stereocenters. The summed E-state index contributed by atoms with van der Waals surface area (Å²) >= 11 is 0. The molecule has 33 heavy (non-hydrogen) atoms. The fourth-order valence-electron chi connectivity index (χ4n) is 7.13. The largest absolute Gasteiger partial charge is 0.218 e. The molecule has 2 aliphatic carbocycles. The monoisotopic (exact) mass is 434 g/mol. The van der Waals surface area contributed by atoms with Crippen molar-refractivity contribution in [3.8, 4) is 11.3 Å². The van der Waals surface area contributed by atoms with Gasteiger partial charge in [0.05, 0.1) is 5.56 Å². The normalized spacial score (nSPS) is 17.2. The zero-order chi connectivity index (χ0) is 23.1. The lowest BCUT2D eigenvalue weighted by Crippen LogP contribution is -2.40. The van der Waals surface area contributed by atoms with Gasteiger partial charge in [-0.3, -0.25) is 0 Å². The third-order valence-corrected chi connectivity index (χ3v) is 8.87. The van der Waals surface area contributed by atoms with Gasteiger partial charge in [0.1, 0.15) is 7.05 Å². The summed E-state index contributed by atoms with van der Waals surface area (Å²) in [4.78, 5) is 0. The molecule has 0 bridgehead atoms. The second-order valence-corrected chi connectivity index (χ2v) is 11.4. The van der Waals surface area contributed by atoms with E-state index in [4.69, 9.17) is 0 Å². The summed E-state index contributed by atoms with van der Waals surface area (Å²) in [7, 11) is 2.30. The lowest BCUT2D eigenvalue weighted by Gasteiger charge is -2.37. The summed E-state index contributed by atoms with van der Waals surface area (Å²) < 4.78 is 2.51. The summed E-state index contributed by atoms with van der Waals surface area (Å²) in [6, 6.07) is 16.4. The SMILES string of the molecule is Cc1cc2c3c(c(C)c(C)cc3c1)-c1c(c(CC3CCCC3)c3ccccc3[n+]1C)C2(C)C. The minimum Gasteiger partial charge on any atom is -0.194 e. The van der Waals surface area contributed by atoms with Crippen molar-refractivity contribution in [1.29, 1.82) is 0 Å².